The number of carbonyl (C=O) groups excluding carboxylic acids is 1. The summed E-state index contributed by atoms with van der Waals surface area (Å²) < 4.78 is 6.88. The lowest BCUT2D eigenvalue weighted by molar-refractivity contribution is 0.0636. The lowest BCUT2D eigenvalue weighted by Crippen LogP contribution is -2.37. The van der Waals surface area contributed by atoms with E-state index in [0.29, 0.717) is 36.6 Å². The summed E-state index contributed by atoms with van der Waals surface area (Å²) in [6.07, 6.45) is 3.66. The van der Waals surface area contributed by atoms with Crippen molar-refractivity contribution in [3.8, 4) is 5.69 Å². The number of hydrogen-bond acceptors (Lipinski definition) is 7. The van der Waals surface area contributed by atoms with E-state index in [1.165, 1.54) is 0 Å². The first-order chi connectivity index (χ1) is 15.6. The number of aromatic nitrogens is 3. The van der Waals surface area contributed by atoms with Crippen LogP contribution in [0.25, 0.3) is 5.69 Å². The van der Waals surface area contributed by atoms with Gasteiger partial charge in [0.15, 0.2) is 0 Å². The van der Waals surface area contributed by atoms with Crippen molar-refractivity contribution in [2.75, 3.05) is 22.5 Å². The van der Waals surface area contributed by atoms with Crippen LogP contribution in [0, 0.1) is 6.92 Å². The van der Waals surface area contributed by atoms with Crippen LogP contribution in [0.2, 0.25) is 0 Å². The molecule has 0 saturated carbocycles. The molecule has 0 saturated heterocycles. The smallest absolute Gasteiger partial charge is 0.412 e. The van der Waals surface area contributed by atoms with Crippen molar-refractivity contribution < 1.29 is 9.53 Å². The van der Waals surface area contributed by atoms with Crippen LogP contribution in [0.1, 0.15) is 37.6 Å². The molecule has 3 N–H and O–H groups in total. The molecule has 0 fully saturated rings. The molecule has 9 heteroatoms. The second-order valence-electron chi connectivity index (χ2n) is 9.07. The van der Waals surface area contributed by atoms with Gasteiger partial charge in [-0.15, -0.1) is 0 Å². The highest BCUT2D eigenvalue weighted by Gasteiger charge is 2.23. The molecule has 1 aliphatic rings. The summed E-state index contributed by atoms with van der Waals surface area (Å²) in [5.41, 5.74) is 9.76. The predicted octanol–water partition coefficient (Wildman–Crippen LogP) is 3.43. The second kappa shape index (κ2) is 8.57. The van der Waals surface area contributed by atoms with Gasteiger partial charge in [0.2, 0.25) is 5.95 Å². The van der Waals surface area contributed by atoms with Crippen LogP contribution in [0.4, 0.5) is 22.1 Å². The number of benzene rings is 1. The van der Waals surface area contributed by atoms with Gasteiger partial charge in [-0.2, -0.15) is 0 Å². The second-order valence-corrected chi connectivity index (χ2v) is 9.07. The van der Waals surface area contributed by atoms with E-state index < -0.39 is 11.7 Å². The molecular weight excluding hydrogens is 420 g/mol. The van der Waals surface area contributed by atoms with Crippen LogP contribution in [0.15, 0.2) is 47.5 Å². The minimum Gasteiger partial charge on any atom is -0.444 e. The topological polar surface area (TPSA) is 115 Å². The molecule has 9 nitrogen and oxygen atoms in total. The molecule has 0 radical (unpaired) electrons. The van der Waals surface area contributed by atoms with Gasteiger partial charge in [-0.3, -0.25) is 14.7 Å². The number of ether oxygens (including phenoxy) is 1. The third-order valence-corrected chi connectivity index (χ3v) is 5.33. The minimum absolute atomic E-state index is 0.109. The van der Waals surface area contributed by atoms with Crippen LogP contribution in [-0.4, -0.2) is 32.8 Å². The monoisotopic (exact) mass is 448 g/mol. The van der Waals surface area contributed by atoms with Gasteiger partial charge in [-0.1, -0.05) is 0 Å². The molecule has 0 unspecified atom stereocenters. The molecule has 0 aliphatic carbocycles. The van der Waals surface area contributed by atoms with Crippen molar-refractivity contribution >= 4 is 23.4 Å². The Hall–Kier alpha value is -3.88. The van der Waals surface area contributed by atoms with E-state index in [4.69, 9.17) is 10.5 Å². The van der Waals surface area contributed by atoms with Gasteiger partial charge < -0.3 is 15.4 Å². The molecule has 1 aromatic carbocycles. The van der Waals surface area contributed by atoms with Gasteiger partial charge in [0, 0.05) is 48.8 Å². The Morgan fingerprint density at radius 3 is 2.61 bits per heavy atom. The number of nitrogens with two attached hydrogens (primary N) is 1. The quantitative estimate of drug-likeness (QED) is 0.631. The molecule has 0 atom stereocenters. The van der Waals surface area contributed by atoms with Crippen molar-refractivity contribution in [3.05, 3.63) is 69.9 Å². The lowest BCUT2D eigenvalue weighted by atomic mass is 10.1. The minimum atomic E-state index is -0.580. The van der Waals surface area contributed by atoms with E-state index in [0.717, 1.165) is 16.8 Å². The van der Waals surface area contributed by atoms with Gasteiger partial charge in [0.05, 0.1) is 5.69 Å². The normalized spacial score (nSPS) is 13.4. The third-order valence-electron chi connectivity index (χ3n) is 5.33. The Morgan fingerprint density at radius 2 is 1.91 bits per heavy atom. The number of fused-ring (bicyclic) bond motifs is 1. The summed E-state index contributed by atoms with van der Waals surface area (Å²) in [5, 5.41) is 2.70. The highest BCUT2D eigenvalue weighted by Crippen LogP contribution is 2.24. The predicted molar refractivity (Wildman–Crippen MR) is 128 cm³/mol. The Morgan fingerprint density at radius 1 is 1.18 bits per heavy atom. The molecular formula is C24H28N6O3. The average Bonchev–Trinajstić information content (AvgIpc) is 2.73. The number of hydrogen-bond donors (Lipinski definition) is 2. The molecule has 3 aromatic rings. The fourth-order valence-corrected chi connectivity index (χ4v) is 3.85. The summed E-state index contributed by atoms with van der Waals surface area (Å²) in [5.74, 6) is 0.269. The van der Waals surface area contributed by atoms with E-state index in [1.807, 2.05) is 13.0 Å². The van der Waals surface area contributed by atoms with Crippen molar-refractivity contribution in [3.63, 3.8) is 0 Å². The van der Waals surface area contributed by atoms with Crippen LogP contribution in [-0.2, 0) is 17.7 Å². The summed E-state index contributed by atoms with van der Waals surface area (Å²) in [6, 6.07) is 8.98. The molecule has 3 heterocycles. The van der Waals surface area contributed by atoms with Crippen LogP contribution in [0.5, 0.6) is 0 Å². The van der Waals surface area contributed by atoms with E-state index in [-0.39, 0.29) is 11.5 Å². The van der Waals surface area contributed by atoms with Gasteiger partial charge in [0.25, 0.3) is 5.56 Å². The van der Waals surface area contributed by atoms with Crippen molar-refractivity contribution in [1.29, 1.82) is 0 Å². The first kappa shape index (κ1) is 22.3. The zero-order chi connectivity index (χ0) is 23.8. The van der Waals surface area contributed by atoms with Gasteiger partial charge >= 0.3 is 6.09 Å². The number of aryl methyl sites for hydroxylation is 1. The van der Waals surface area contributed by atoms with E-state index in [1.54, 1.807) is 62.0 Å². The third kappa shape index (κ3) is 4.97. The molecule has 1 amide bonds. The molecule has 4 rings (SSSR count). The molecule has 0 bridgehead atoms. The number of pyridine rings is 1. The summed E-state index contributed by atoms with van der Waals surface area (Å²) in [6.45, 7) is 8.57. The van der Waals surface area contributed by atoms with Gasteiger partial charge in [-0.25, -0.2) is 14.8 Å². The number of carbonyl (C=O) groups is 1. The first-order valence-electron chi connectivity index (χ1n) is 10.8. The average molecular weight is 449 g/mol. The Bertz CT molecular complexity index is 1240. The van der Waals surface area contributed by atoms with Crippen molar-refractivity contribution in [2.24, 2.45) is 0 Å². The SMILES string of the molecule is Cc1ccn(-c2ccc(NC(=O)OC(C)(C)C)cc2)c(=O)c1N1CCc2nc(N)ncc2C1. The Kier molecular flexibility index (Phi) is 5.80. The number of nitrogens with zero attached hydrogens (tertiary/aromatic N) is 4. The van der Waals surface area contributed by atoms with Crippen LogP contribution < -0.4 is 21.5 Å². The largest absolute Gasteiger partial charge is 0.444 e. The zero-order valence-corrected chi connectivity index (χ0v) is 19.3. The van der Waals surface area contributed by atoms with Crippen molar-refractivity contribution in [2.45, 2.75) is 46.3 Å². The maximum Gasteiger partial charge on any atom is 0.412 e. The van der Waals surface area contributed by atoms with Crippen LogP contribution in [0.3, 0.4) is 0 Å². The molecule has 2 aromatic heterocycles. The highest BCUT2D eigenvalue weighted by molar-refractivity contribution is 5.85. The first-order valence-corrected chi connectivity index (χ1v) is 10.8. The summed E-state index contributed by atoms with van der Waals surface area (Å²) in [4.78, 5) is 35.9. The zero-order valence-electron chi connectivity index (χ0n) is 19.3. The maximum atomic E-state index is 13.5. The number of nitrogens with one attached hydrogen (secondary N) is 1. The van der Waals surface area contributed by atoms with Crippen LogP contribution >= 0.6 is 0 Å². The van der Waals surface area contributed by atoms with Crippen molar-refractivity contribution in [1.82, 2.24) is 14.5 Å². The lowest BCUT2D eigenvalue weighted by Gasteiger charge is -2.30. The molecule has 1 aliphatic heterocycles. The van der Waals surface area contributed by atoms with Gasteiger partial charge in [-0.05, 0) is 63.6 Å². The highest BCUT2D eigenvalue weighted by atomic mass is 16.6. The fourth-order valence-electron chi connectivity index (χ4n) is 3.85. The van der Waals surface area contributed by atoms with Gasteiger partial charge in [0.1, 0.15) is 11.3 Å². The van der Waals surface area contributed by atoms with E-state index in [2.05, 4.69) is 20.2 Å². The fraction of sp³-hybridized carbons (Fsp3) is 0.333. The standard InChI is InChI=1S/C24H28N6O3/c1-15-9-12-30(18-7-5-17(6-8-18)27-23(32)33-24(2,3)4)21(31)20(15)29-11-10-19-16(14-29)13-26-22(25)28-19/h5-9,12-13H,10-11,14H2,1-4H3,(H,27,32)(H2,25,26,28). The molecule has 172 valence electrons. The maximum absolute atomic E-state index is 13.5. The number of rotatable bonds is 3. The summed E-state index contributed by atoms with van der Waals surface area (Å²) >= 11 is 0. The van der Waals surface area contributed by atoms with E-state index >= 15 is 0 Å². The number of anilines is 3. The summed E-state index contributed by atoms with van der Waals surface area (Å²) in [7, 11) is 0. The van der Waals surface area contributed by atoms with E-state index in [9.17, 15) is 9.59 Å². The molecule has 0 spiro atoms. The molecule has 33 heavy (non-hydrogen) atoms. The number of amides is 1. The Labute approximate surface area is 192 Å². The Balaban J connectivity index is 1.58. The number of nitrogen functional groups attached to an aromatic ring is 1.